The van der Waals surface area contributed by atoms with Gasteiger partial charge in [0.05, 0.1) is 6.54 Å². The standard InChI is InChI=1S/C13H13ClN4OS/c1-2-6-18-11(16-17-13(18)20)8-15-12(19)9-4-3-5-10(14)7-9/h2-5,7H,1,6,8H2,(H,15,19)(H,17,20). The van der Waals surface area contributed by atoms with E-state index in [4.69, 9.17) is 23.8 Å². The Morgan fingerprint density at radius 1 is 1.60 bits per heavy atom. The Labute approximate surface area is 126 Å². The Morgan fingerprint density at radius 2 is 2.40 bits per heavy atom. The number of rotatable bonds is 5. The minimum atomic E-state index is -0.216. The number of allylic oxidation sites excluding steroid dienone is 1. The van der Waals surface area contributed by atoms with Gasteiger partial charge in [-0.3, -0.25) is 14.5 Å². The van der Waals surface area contributed by atoms with Gasteiger partial charge in [0.2, 0.25) is 0 Å². The summed E-state index contributed by atoms with van der Waals surface area (Å²) in [5.41, 5.74) is 0.502. The third-order valence-electron chi connectivity index (χ3n) is 2.64. The average molecular weight is 309 g/mol. The van der Waals surface area contributed by atoms with E-state index >= 15 is 0 Å². The lowest BCUT2D eigenvalue weighted by molar-refractivity contribution is 0.0949. The number of hydrogen-bond donors (Lipinski definition) is 2. The van der Waals surface area contributed by atoms with Crippen molar-refractivity contribution in [3.05, 3.63) is 58.1 Å². The minimum absolute atomic E-state index is 0.216. The van der Waals surface area contributed by atoms with Crippen LogP contribution < -0.4 is 5.32 Å². The zero-order chi connectivity index (χ0) is 14.5. The van der Waals surface area contributed by atoms with Crippen molar-refractivity contribution in [2.24, 2.45) is 0 Å². The summed E-state index contributed by atoms with van der Waals surface area (Å²) < 4.78 is 2.26. The number of nitrogens with zero attached hydrogens (tertiary/aromatic N) is 2. The maximum absolute atomic E-state index is 12.0. The molecule has 1 amide bonds. The second kappa shape index (κ2) is 6.49. The Hall–Kier alpha value is -1.92. The van der Waals surface area contributed by atoms with Gasteiger partial charge in [0, 0.05) is 17.1 Å². The molecule has 2 aromatic rings. The molecule has 0 radical (unpaired) electrons. The monoisotopic (exact) mass is 308 g/mol. The van der Waals surface area contributed by atoms with E-state index in [2.05, 4.69) is 22.1 Å². The van der Waals surface area contributed by atoms with Crippen LogP contribution in [0.2, 0.25) is 5.02 Å². The van der Waals surface area contributed by atoms with Crippen LogP contribution in [-0.4, -0.2) is 20.7 Å². The summed E-state index contributed by atoms with van der Waals surface area (Å²) in [4.78, 5) is 12.0. The maximum atomic E-state index is 12.0. The van der Waals surface area contributed by atoms with Crippen LogP contribution in [0.25, 0.3) is 0 Å². The lowest BCUT2D eigenvalue weighted by Gasteiger charge is -2.06. The highest BCUT2D eigenvalue weighted by Crippen LogP contribution is 2.10. The lowest BCUT2D eigenvalue weighted by Crippen LogP contribution is -2.24. The molecule has 0 spiro atoms. The number of aromatic amines is 1. The summed E-state index contributed by atoms with van der Waals surface area (Å²) in [7, 11) is 0. The number of carbonyl (C=O) groups is 1. The zero-order valence-corrected chi connectivity index (χ0v) is 12.2. The van der Waals surface area contributed by atoms with Crippen LogP contribution in [0.15, 0.2) is 36.9 Å². The van der Waals surface area contributed by atoms with E-state index in [0.29, 0.717) is 27.7 Å². The summed E-state index contributed by atoms with van der Waals surface area (Å²) in [6, 6.07) is 6.75. The molecule has 0 saturated heterocycles. The molecule has 0 fully saturated rings. The smallest absolute Gasteiger partial charge is 0.251 e. The molecule has 0 unspecified atom stereocenters. The van der Waals surface area contributed by atoms with E-state index in [0.717, 1.165) is 0 Å². The summed E-state index contributed by atoms with van der Waals surface area (Å²) in [5.74, 6) is 0.428. The summed E-state index contributed by atoms with van der Waals surface area (Å²) >= 11 is 10.9. The number of carbonyl (C=O) groups excluding carboxylic acids is 1. The first-order valence-corrected chi connectivity index (χ1v) is 6.69. The van der Waals surface area contributed by atoms with Crippen LogP contribution >= 0.6 is 23.8 Å². The first-order chi connectivity index (χ1) is 9.61. The van der Waals surface area contributed by atoms with Gasteiger partial charge in [-0.1, -0.05) is 23.7 Å². The van der Waals surface area contributed by atoms with Crippen LogP contribution in [-0.2, 0) is 13.1 Å². The van der Waals surface area contributed by atoms with Gasteiger partial charge in [-0.2, -0.15) is 5.10 Å². The predicted molar refractivity (Wildman–Crippen MR) is 80.2 cm³/mol. The molecule has 1 aromatic heterocycles. The number of amides is 1. The SMILES string of the molecule is C=CCn1c(CNC(=O)c2cccc(Cl)c2)n[nH]c1=S. The third-order valence-corrected chi connectivity index (χ3v) is 3.19. The molecule has 0 aliphatic rings. The topological polar surface area (TPSA) is 62.7 Å². The van der Waals surface area contributed by atoms with Gasteiger partial charge in [0.15, 0.2) is 10.6 Å². The average Bonchev–Trinajstić information content (AvgIpc) is 2.78. The van der Waals surface area contributed by atoms with Crippen molar-refractivity contribution in [3.63, 3.8) is 0 Å². The van der Waals surface area contributed by atoms with Crippen molar-refractivity contribution in [3.8, 4) is 0 Å². The van der Waals surface area contributed by atoms with Crippen LogP contribution in [0.3, 0.4) is 0 Å². The maximum Gasteiger partial charge on any atom is 0.251 e. The fraction of sp³-hybridized carbons (Fsp3) is 0.154. The first-order valence-electron chi connectivity index (χ1n) is 5.90. The largest absolute Gasteiger partial charge is 0.345 e. The van der Waals surface area contributed by atoms with Crippen molar-refractivity contribution in [2.75, 3.05) is 0 Å². The number of nitrogens with one attached hydrogen (secondary N) is 2. The van der Waals surface area contributed by atoms with E-state index in [-0.39, 0.29) is 12.5 Å². The molecule has 2 rings (SSSR count). The Bertz CT molecular complexity index is 692. The molecule has 0 aliphatic carbocycles. The van der Waals surface area contributed by atoms with Gasteiger partial charge >= 0.3 is 0 Å². The van der Waals surface area contributed by atoms with Crippen molar-refractivity contribution in [2.45, 2.75) is 13.1 Å². The van der Waals surface area contributed by atoms with Crippen molar-refractivity contribution < 1.29 is 4.79 Å². The molecule has 5 nitrogen and oxygen atoms in total. The van der Waals surface area contributed by atoms with Crippen LogP contribution in [0.4, 0.5) is 0 Å². The first kappa shape index (κ1) is 14.5. The van der Waals surface area contributed by atoms with Crippen molar-refractivity contribution in [1.82, 2.24) is 20.1 Å². The number of aromatic nitrogens is 3. The lowest BCUT2D eigenvalue weighted by atomic mass is 10.2. The molecular formula is C13H13ClN4OS. The van der Waals surface area contributed by atoms with Crippen LogP contribution in [0, 0.1) is 4.77 Å². The molecular weight excluding hydrogens is 296 g/mol. The molecule has 2 N–H and O–H groups in total. The van der Waals surface area contributed by atoms with Gasteiger partial charge < -0.3 is 5.32 Å². The second-order valence-corrected chi connectivity index (χ2v) is 4.86. The fourth-order valence-electron chi connectivity index (χ4n) is 1.69. The number of hydrogen-bond acceptors (Lipinski definition) is 3. The molecule has 1 heterocycles. The Morgan fingerprint density at radius 3 is 3.10 bits per heavy atom. The fourth-order valence-corrected chi connectivity index (χ4v) is 2.11. The Kier molecular flexibility index (Phi) is 4.70. The van der Waals surface area contributed by atoms with E-state index in [1.165, 1.54) is 0 Å². The van der Waals surface area contributed by atoms with Gasteiger partial charge in [-0.15, -0.1) is 6.58 Å². The second-order valence-electron chi connectivity index (χ2n) is 4.04. The highest BCUT2D eigenvalue weighted by molar-refractivity contribution is 7.71. The molecule has 20 heavy (non-hydrogen) atoms. The van der Waals surface area contributed by atoms with Crippen LogP contribution in [0.1, 0.15) is 16.2 Å². The normalized spacial score (nSPS) is 10.2. The molecule has 7 heteroatoms. The van der Waals surface area contributed by atoms with Gasteiger partial charge in [0.1, 0.15) is 0 Å². The van der Waals surface area contributed by atoms with E-state index in [9.17, 15) is 4.79 Å². The van der Waals surface area contributed by atoms with Gasteiger partial charge in [0.25, 0.3) is 5.91 Å². The van der Waals surface area contributed by atoms with Crippen molar-refractivity contribution >= 4 is 29.7 Å². The predicted octanol–water partition coefficient (Wildman–Crippen LogP) is 2.71. The number of halogens is 1. The summed E-state index contributed by atoms with van der Waals surface area (Å²) in [5, 5.41) is 10.1. The molecule has 0 atom stereocenters. The van der Waals surface area contributed by atoms with E-state index < -0.39 is 0 Å². The summed E-state index contributed by atoms with van der Waals surface area (Å²) in [6.07, 6.45) is 1.72. The highest BCUT2D eigenvalue weighted by Gasteiger charge is 2.09. The highest BCUT2D eigenvalue weighted by atomic mass is 35.5. The molecule has 1 aromatic carbocycles. The number of H-pyrrole nitrogens is 1. The van der Waals surface area contributed by atoms with Crippen LogP contribution in [0.5, 0.6) is 0 Å². The van der Waals surface area contributed by atoms with E-state index in [1.807, 2.05) is 0 Å². The van der Waals surface area contributed by atoms with E-state index in [1.54, 1.807) is 34.9 Å². The van der Waals surface area contributed by atoms with Gasteiger partial charge in [-0.05, 0) is 30.4 Å². The summed E-state index contributed by atoms with van der Waals surface area (Å²) in [6.45, 7) is 4.47. The minimum Gasteiger partial charge on any atom is -0.345 e. The third kappa shape index (κ3) is 3.34. The molecule has 0 bridgehead atoms. The quantitative estimate of drug-likeness (QED) is 0.659. The van der Waals surface area contributed by atoms with Gasteiger partial charge in [-0.25, -0.2) is 0 Å². The molecule has 0 saturated carbocycles. The number of benzene rings is 1. The zero-order valence-electron chi connectivity index (χ0n) is 10.6. The molecule has 104 valence electrons. The Balaban J connectivity index is 2.07. The van der Waals surface area contributed by atoms with Crippen molar-refractivity contribution in [1.29, 1.82) is 0 Å². The molecule has 0 aliphatic heterocycles.